The fraction of sp³-hybridized carbons (Fsp3) is 0.231. The van der Waals surface area contributed by atoms with Gasteiger partial charge in [0.05, 0.1) is 12.9 Å². The van der Waals surface area contributed by atoms with Crippen molar-refractivity contribution in [2.45, 2.75) is 31.8 Å². The van der Waals surface area contributed by atoms with Crippen molar-refractivity contribution in [3.63, 3.8) is 0 Å². The van der Waals surface area contributed by atoms with Crippen LogP contribution in [0.3, 0.4) is 0 Å². The van der Waals surface area contributed by atoms with Crippen LogP contribution in [-0.4, -0.2) is 35.3 Å². The Morgan fingerprint density at radius 3 is 2.56 bits per heavy atom. The lowest BCUT2D eigenvalue weighted by Crippen LogP contribution is -2.39. The van der Waals surface area contributed by atoms with Gasteiger partial charge >= 0.3 is 0 Å². The van der Waals surface area contributed by atoms with E-state index in [0.29, 0.717) is 30.3 Å². The molecular formula is C26H23N3O3. The van der Waals surface area contributed by atoms with E-state index in [1.165, 1.54) is 33.4 Å². The standard InChI is InChI=1S/C26H23N3O3/c1-32-26-28-24(27-25(29-26)20-12-9-17(30)13-21(20)31)19-11-8-16-6-5-14-3-2-4-15-7-10-18(19)23(16)22(14)15/h2-4,7-8,10-11,13,25,30-31H,5-6,9,12H2,1H3,(H,27,28,29). The molecule has 6 heteroatoms. The highest BCUT2D eigenvalue weighted by atomic mass is 16.5. The van der Waals surface area contributed by atoms with E-state index in [1.54, 1.807) is 7.11 Å². The molecule has 2 aliphatic carbocycles. The number of hydrogen-bond acceptors (Lipinski definition) is 6. The Morgan fingerprint density at radius 1 is 0.906 bits per heavy atom. The molecule has 1 unspecified atom stereocenters. The van der Waals surface area contributed by atoms with Crippen molar-refractivity contribution in [1.82, 2.24) is 5.32 Å². The number of aliphatic imine (C=N–C) groups is 2. The lowest BCUT2D eigenvalue weighted by atomic mass is 9.84. The minimum Gasteiger partial charge on any atom is -0.512 e. The number of aliphatic hydroxyl groups is 2. The van der Waals surface area contributed by atoms with Gasteiger partial charge in [-0.05, 0) is 51.9 Å². The van der Waals surface area contributed by atoms with Gasteiger partial charge < -0.3 is 14.9 Å². The molecule has 0 fully saturated rings. The van der Waals surface area contributed by atoms with Gasteiger partial charge in [0.2, 0.25) is 0 Å². The normalized spacial score (nSPS) is 20.2. The van der Waals surface area contributed by atoms with Gasteiger partial charge in [-0.1, -0.05) is 42.5 Å². The lowest BCUT2D eigenvalue weighted by Gasteiger charge is -2.25. The second kappa shape index (κ2) is 7.12. The maximum Gasteiger partial charge on any atom is 0.292 e. The summed E-state index contributed by atoms with van der Waals surface area (Å²) in [5, 5.41) is 28.4. The van der Waals surface area contributed by atoms with Crippen LogP contribution in [0.25, 0.3) is 21.5 Å². The Labute approximate surface area is 185 Å². The SMILES string of the molecule is COC1=NC(C2=C(O)C=C(O)CC2)N=C(c2ccc3c4c2ccc2cccc(c24)CC3)N1. The molecule has 3 aliphatic rings. The highest BCUT2D eigenvalue weighted by Gasteiger charge is 2.27. The van der Waals surface area contributed by atoms with Crippen LogP contribution in [0.1, 0.15) is 29.5 Å². The van der Waals surface area contributed by atoms with Crippen LogP contribution in [0, 0.1) is 0 Å². The number of amidine groups is 2. The van der Waals surface area contributed by atoms with Gasteiger partial charge in [0.25, 0.3) is 6.02 Å². The van der Waals surface area contributed by atoms with Gasteiger partial charge in [0, 0.05) is 23.6 Å². The molecular weight excluding hydrogens is 402 g/mol. The highest BCUT2D eigenvalue weighted by molar-refractivity contribution is 6.21. The van der Waals surface area contributed by atoms with Crippen LogP contribution in [0.4, 0.5) is 0 Å². The molecule has 3 aromatic rings. The van der Waals surface area contributed by atoms with Crippen LogP contribution in [0.2, 0.25) is 0 Å². The molecule has 3 N–H and O–H groups in total. The first kappa shape index (κ1) is 18.9. The van der Waals surface area contributed by atoms with Crippen LogP contribution in [0.15, 0.2) is 75.6 Å². The average molecular weight is 425 g/mol. The van der Waals surface area contributed by atoms with Crippen molar-refractivity contribution in [3.8, 4) is 0 Å². The molecule has 0 saturated carbocycles. The van der Waals surface area contributed by atoms with Crippen molar-refractivity contribution in [1.29, 1.82) is 0 Å². The summed E-state index contributed by atoms with van der Waals surface area (Å²) in [7, 11) is 1.56. The molecule has 3 aromatic carbocycles. The van der Waals surface area contributed by atoms with Crippen LogP contribution < -0.4 is 5.32 Å². The van der Waals surface area contributed by atoms with Crippen LogP contribution in [-0.2, 0) is 17.6 Å². The molecule has 6 nitrogen and oxygen atoms in total. The van der Waals surface area contributed by atoms with Crippen molar-refractivity contribution in [2.75, 3.05) is 7.11 Å². The Bertz CT molecular complexity index is 1410. The van der Waals surface area contributed by atoms with Gasteiger partial charge in [-0.3, -0.25) is 5.32 Å². The Kier molecular flexibility index (Phi) is 4.21. The summed E-state index contributed by atoms with van der Waals surface area (Å²) < 4.78 is 5.45. The molecule has 0 radical (unpaired) electrons. The summed E-state index contributed by atoms with van der Waals surface area (Å²) in [4.78, 5) is 9.37. The Balaban J connectivity index is 1.55. The van der Waals surface area contributed by atoms with Gasteiger partial charge in [-0.15, -0.1) is 0 Å². The number of hydrogen-bond donors (Lipinski definition) is 3. The minimum atomic E-state index is -0.607. The monoisotopic (exact) mass is 425 g/mol. The van der Waals surface area contributed by atoms with Crippen molar-refractivity contribution in [3.05, 3.63) is 82.3 Å². The van der Waals surface area contributed by atoms with E-state index in [-0.39, 0.29) is 11.5 Å². The Morgan fingerprint density at radius 2 is 1.75 bits per heavy atom. The third-order valence-electron chi connectivity index (χ3n) is 6.62. The first-order valence-electron chi connectivity index (χ1n) is 10.9. The number of nitrogens with zero attached hydrogens (tertiary/aromatic N) is 2. The summed E-state index contributed by atoms with van der Waals surface area (Å²) in [6, 6.07) is 15.5. The van der Waals surface area contributed by atoms with E-state index in [2.05, 4.69) is 52.8 Å². The number of ether oxygens (including phenoxy) is 1. The van der Waals surface area contributed by atoms with E-state index in [9.17, 15) is 10.2 Å². The fourth-order valence-electron chi connectivity index (χ4n) is 5.06. The second-order valence-corrected chi connectivity index (χ2v) is 8.44. The number of nitrogens with one attached hydrogen (secondary N) is 1. The van der Waals surface area contributed by atoms with Crippen LogP contribution in [0.5, 0.6) is 0 Å². The van der Waals surface area contributed by atoms with Crippen molar-refractivity contribution in [2.24, 2.45) is 9.98 Å². The zero-order valence-electron chi connectivity index (χ0n) is 17.7. The largest absolute Gasteiger partial charge is 0.512 e. The molecule has 160 valence electrons. The molecule has 0 spiro atoms. The average Bonchev–Trinajstić information content (AvgIpc) is 2.82. The summed E-state index contributed by atoms with van der Waals surface area (Å²) in [6.07, 6.45) is 3.79. The topological polar surface area (TPSA) is 86.4 Å². The predicted octanol–water partition coefficient (Wildman–Crippen LogP) is 4.82. The molecule has 1 heterocycles. The second-order valence-electron chi connectivity index (χ2n) is 8.44. The van der Waals surface area contributed by atoms with E-state index >= 15 is 0 Å². The van der Waals surface area contributed by atoms with Gasteiger partial charge in [0.15, 0.2) is 6.17 Å². The molecule has 0 aromatic heterocycles. The molecule has 32 heavy (non-hydrogen) atoms. The van der Waals surface area contributed by atoms with Gasteiger partial charge in [-0.25, -0.2) is 9.98 Å². The van der Waals surface area contributed by atoms with Crippen LogP contribution >= 0.6 is 0 Å². The number of rotatable bonds is 2. The smallest absolute Gasteiger partial charge is 0.292 e. The first-order valence-corrected chi connectivity index (χ1v) is 10.9. The van der Waals surface area contributed by atoms with E-state index in [1.807, 2.05) is 0 Å². The summed E-state index contributed by atoms with van der Waals surface area (Å²) in [5.74, 6) is 0.849. The molecule has 1 atom stereocenters. The molecule has 6 rings (SSSR count). The van der Waals surface area contributed by atoms with E-state index in [0.717, 1.165) is 23.8 Å². The maximum absolute atomic E-state index is 10.4. The highest BCUT2D eigenvalue weighted by Crippen LogP contribution is 2.37. The number of methoxy groups -OCH3 is 1. The number of allylic oxidation sites excluding steroid dienone is 2. The molecule has 1 aliphatic heterocycles. The quantitative estimate of drug-likeness (QED) is 0.514. The van der Waals surface area contributed by atoms with Crippen molar-refractivity contribution < 1.29 is 14.9 Å². The lowest BCUT2D eigenvalue weighted by molar-refractivity contribution is 0.351. The van der Waals surface area contributed by atoms with Gasteiger partial charge in [0.1, 0.15) is 11.6 Å². The summed E-state index contributed by atoms with van der Waals surface area (Å²) in [6.45, 7) is 0. The third kappa shape index (κ3) is 2.87. The molecule has 0 amide bonds. The number of aryl methyl sites for hydroxylation is 2. The Hall–Kier alpha value is -3.80. The summed E-state index contributed by atoms with van der Waals surface area (Å²) >= 11 is 0. The first-order chi connectivity index (χ1) is 15.6. The maximum atomic E-state index is 10.4. The summed E-state index contributed by atoms with van der Waals surface area (Å²) in [5.41, 5.74) is 4.39. The van der Waals surface area contributed by atoms with E-state index in [4.69, 9.17) is 9.73 Å². The molecule has 0 bridgehead atoms. The number of benzene rings is 3. The zero-order chi connectivity index (χ0) is 21.8. The zero-order valence-corrected chi connectivity index (χ0v) is 17.7. The minimum absolute atomic E-state index is 0.0215. The van der Waals surface area contributed by atoms with Gasteiger partial charge in [-0.2, -0.15) is 0 Å². The predicted molar refractivity (Wildman–Crippen MR) is 126 cm³/mol. The third-order valence-corrected chi connectivity index (χ3v) is 6.62. The molecule has 0 saturated heterocycles. The number of aliphatic hydroxyl groups excluding tert-OH is 2. The van der Waals surface area contributed by atoms with E-state index < -0.39 is 6.17 Å². The fourth-order valence-corrected chi connectivity index (χ4v) is 5.06. The van der Waals surface area contributed by atoms with Crippen molar-refractivity contribution >= 4 is 33.4 Å².